The van der Waals surface area contributed by atoms with Gasteiger partial charge in [-0.2, -0.15) is 39.5 Å². The van der Waals surface area contributed by atoms with Crippen LogP contribution in [0.4, 0.5) is 45.2 Å². The smallest absolute Gasteiger partial charge is 0.434 e. The highest BCUT2D eigenvalue weighted by Crippen LogP contribution is 2.38. The van der Waals surface area contributed by atoms with Crippen molar-refractivity contribution in [3.63, 3.8) is 0 Å². The zero-order valence-electron chi connectivity index (χ0n) is 20.6. The fourth-order valence-corrected chi connectivity index (χ4v) is 5.27. The van der Waals surface area contributed by atoms with Crippen molar-refractivity contribution in [2.45, 2.75) is 43.6 Å². The van der Waals surface area contributed by atoms with Gasteiger partial charge in [0.15, 0.2) is 5.88 Å². The molecule has 0 radical (unpaired) electrons. The Bertz CT molecular complexity index is 1120. The number of hydrogen-bond donors (Lipinski definition) is 1. The maximum atomic E-state index is 13.4. The molecular formula is C22H27F9N4O3S. The monoisotopic (exact) mass is 598 g/mol. The fraction of sp³-hybridized carbons (Fsp3) is 0.636. The molecule has 17 heteroatoms. The molecular weight excluding hydrogens is 571 g/mol. The number of nitrogens with zero attached hydrogens (tertiary/aromatic N) is 3. The highest BCUT2D eigenvalue weighted by Gasteiger charge is 2.59. The number of sulfonamides is 1. The summed E-state index contributed by atoms with van der Waals surface area (Å²) in [5.74, 6) is -0.786. The molecule has 7 nitrogen and oxygen atoms in total. The molecule has 0 bridgehead atoms. The first-order valence-electron chi connectivity index (χ1n) is 11.6. The summed E-state index contributed by atoms with van der Waals surface area (Å²) >= 11 is 0. The minimum absolute atomic E-state index is 0.0265. The molecule has 1 aromatic carbocycles. The number of rotatable bonds is 8. The summed E-state index contributed by atoms with van der Waals surface area (Å²) in [5, 5.41) is 0. The van der Waals surface area contributed by atoms with E-state index in [9.17, 15) is 47.9 Å². The number of nitrogens with one attached hydrogen (secondary N) is 1. The van der Waals surface area contributed by atoms with Crippen molar-refractivity contribution in [2.24, 2.45) is 0 Å². The van der Waals surface area contributed by atoms with E-state index in [1.165, 1.54) is 6.07 Å². The molecule has 222 valence electrons. The fourth-order valence-electron chi connectivity index (χ4n) is 4.47. The van der Waals surface area contributed by atoms with Crippen molar-refractivity contribution in [1.29, 1.82) is 0 Å². The van der Waals surface area contributed by atoms with Crippen molar-refractivity contribution in [2.75, 3.05) is 50.4 Å². The third-order valence-electron chi connectivity index (χ3n) is 6.29. The lowest BCUT2D eigenvalue weighted by atomic mass is 10.1. The molecule has 1 N–H and O–H groups in total. The second kappa shape index (κ2) is 11.2. The molecule has 2 saturated heterocycles. The predicted octanol–water partition coefficient (Wildman–Crippen LogP) is 3.93. The lowest BCUT2D eigenvalue weighted by Gasteiger charge is -2.38. The first-order valence-corrected chi connectivity index (χ1v) is 13.5. The molecule has 3 rings (SSSR count). The minimum Gasteiger partial charge on any atom is -0.457 e. The highest BCUT2D eigenvalue weighted by atomic mass is 32.2. The summed E-state index contributed by atoms with van der Waals surface area (Å²) in [7, 11) is -3.53. The summed E-state index contributed by atoms with van der Waals surface area (Å²) < 4.78 is 147. The lowest BCUT2D eigenvalue weighted by molar-refractivity contribution is -0.317. The normalized spacial score (nSPS) is 20.1. The van der Waals surface area contributed by atoms with Gasteiger partial charge in [0.2, 0.25) is 10.0 Å². The third-order valence-corrected chi connectivity index (χ3v) is 7.05. The molecule has 2 aliphatic rings. The number of piperazine rings is 1. The standard InChI is InChI=1S/C22H27F9N4O3S/c1-14(38-19(21(26,27)28)22(29,30)31)34-9-7-33(8-10-34)12-15-3-4-16(20(23,24)25)11-18(15)35-6-5-17(13-35)32-39(2,36)37/h3-4,11,17,19,32H,1,5-10,12-13H2,2H3. The van der Waals surface area contributed by atoms with Crippen LogP contribution in [0.1, 0.15) is 17.5 Å². The van der Waals surface area contributed by atoms with E-state index >= 15 is 0 Å². The van der Waals surface area contributed by atoms with Crippen LogP contribution in [0, 0.1) is 0 Å². The van der Waals surface area contributed by atoms with Gasteiger partial charge in [-0.05, 0) is 30.7 Å². The van der Waals surface area contributed by atoms with E-state index in [1.807, 2.05) is 0 Å². The van der Waals surface area contributed by atoms with Gasteiger partial charge in [-0.3, -0.25) is 4.90 Å². The van der Waals surface area contributed by atoms with E-state index in [0.717, 1.165) is 23.3 Å². The minimum atomic E-state index is -5.69. The van der Waals surface area contributed by atoms with Gasteiger partial charge < -0.3 is 14.5 Å². The molecule has 0 saturated carbocycles. The second-order valence-electron chi connectivity index (χ2n) is 9.40. The average Bonchev–Trinajstić information content (AvgIpc) is 3.22. The van der Waals surface area contributed by atoms with E-state index in [4.69, 9.17) is 0 Å². The summed E-state index contributed by atoms with van der Waals surface area (Å²) in [6, 6.07) is 2.72. The van der Waals surface area contributed by atoms with Gasteiger partial charge in [0.25, 0.3) is 6.10 Å². The molecule has 0 aliphatic carbocycles. The van der Waals surface area contributed by atoms with Crippen molar-refractivity contribution in [3.05, 3.63) is 41.8 Å². The number of halogens is 9. The summed E-state index contributed by atoms with van der Waals surface area (Å²) in [6.07, 6.45) is -18.7. The Hall–Kier alpha value is -2.40. The van der Waals surface area contributed by atoms with Crippen LogP contribution in [0.25, 0.3) is 0 Å². The largest absolute Gasteiger partial charge is 0.457 e. The van der Waals surface area contributed by atoms with E-state index in [-0.39, 0.29) is 45.0 Å². The van der Waals surface area contributed by atoms with Gasteiger partial charge in [0.05, 0.1) is 11.8 Å². The maximum absolute atomic E-state index is 13.4. The van der Waals surface area contributed by atoms with Crippen molar-refractivity contribution >= 4 is 15.7 Å². The first kappa shape index (κ1) is 31.1. The predicted molar refractivity (Wildman–Crippen MR) is 123 cm³/mol. The van der Waals surface area contributed by atoms with E-state index in [1.54, 1.807) is 9.80 Å². The van der Waals surface area contributed by atoms with Gasteiger partial charge in [-0.1, -0.05) is 6.07 Å². The molecule has 1 aromatic rings. The Morgan fingerprint density at radius 3 is 2.13 bits per heavy atom. The molecule has 39 heavy (non-hydrogen) atoms. The molecule has 1 unspecified atom stereocenters. The van der Waals surface area contributed by atoms with Gasteiger partial charge >= 0.3 is 18.5 Å². The van der Waals surface area contributed by atoms with E-state index in [0.29, 0.717) is 18.5 Å². The summed E-state index contributed by atoms with van der Waals surface area (Å²) in [4.78, 5) is 4.56. The van der Waals surface area contributed by atoms with Gasteiger partial charge in [0.1, 0.15) is 0 Å². The van der Waals surface area contributed by atoms with Crippen LogP contribution in [0.2, 0.25) is 0 Å². The number of anilines is 1. The Labute approximate surface area is 219 Å². The molecule has 0 spiro atoms. The average molecular weight is 599 g/mol. The third kappa shape index (κ3) is 8.54. The Morgan fingerprint density at radius 1 is 1.03 bits per heavy atom. The SMILES string of the molecule is C=C(OC(C(F)(F)F)C(F)(F)F)N1CCN(Cc2ccc(C(F)(F)F)cc2N2CCC(NS(C)(=O)=O)C2)CC1. The van der Waals surface area contributed by atoms with Gasteiger partial charge in [-0.25, -0.2) is 13.1 Å². The molecule has 0 amide bonds. The van der Waals surface area contributed by atoms with E-state index < -0.39 is 52.1 Å². The molecule has 1 atom stereocenters. The van der Waals surface area contributed by atoms with Gasteiger partial charge in [0, 0.05) is 57.5 Å². The summed E-state index contributed by atoms with van der Waals surface area (Å²) in [5.41, 5.74) is -0.125. The molecule has 2 heterocycles. The zero-order chi connectivity index (χ0) is 29.4. The number of alkyl halides is 9. The van der Waals surface area contributed by atoms with Crippen molar-refractivity contribution < 1.29 is 52.7 Å². The van der Waals surface area contributed by atoms with Crippen LogP contribution in [0.3, 0.4) is 0 Å². The quantitative estimate of drug-likeness (QED) is 0.362. The van der Waals surface area contributed by atoms with Crippen LogP contribution in [0.15, 0.2) is 30.7 Å². The molecule has 2 aliphatic heterocycles. The van der Waals surface area contributed by atoms with Crippen molar-refractivity contribution in [1.82, 2.24) is 14.5 Å². The van der Waals surface area contributed by atoms with E-state index in [2.05, 4.69) is 16.0 Å². The molecule has 2 fully saturated rings. The summed E-state index contributed by atoms with van der Waals surface area (Å²) in [6.45, 7) is 4.05. The van der Waals surface area contributed by atoms with Crippen LogP contribution < -0.4 is 9.62 Å². The van der Waals surface area contributed by atoms with Crippen LogP contribution >= 0.6 is 0 Å². The Balaban J connectivity index is 1.69. The highest BCUT2D eigenvalue weighted by molar-refractivity contribution is 7.88. The number of benzene rings is 1. The van der Waals surface area contributed by atoms with Crippen molar-refractivity contribution in [3.8, 4) is 0 Å². The van der Waals surface area contributed by atoms with Crippen LogP contribution in [0.5, 0.6) is 0 Å². The maximum Gasteiger partial charge on any atom is 0.434 e. The van der Waals surface area contributed by atoms with Crippen LogP contribution in [-0.2, 0) is 27.5 Å². The second-order valence-corrected chi connectivity index (χ2v) is 11.2. The number of hydrogen-bond acceptors (Lipinski definition) is 6. The lowest BCUT2D eigenvalue weighted by Crippen LogP contribution is -2.49. The Kier molecular flexibility index (Phi) is 8.97. The first-order chi connectivity index (χ1) is 17.7. The topological polar surface area (TPSA) is 65.1 Å². The van der Waals surface area contributed by atoms with Crippen LogP contribution in [-0.4, -0.2) is 88.2 Å². The zero-order valence-corrected chi connectivity index (χ0v) is 21.4. The number of ether oxygens (including phenoxy) is 1. The Morgan fingerprint density at radius 2 is 1.62 bits per heavy atom. The molecule has 0 aromatic heterocycles. The van der Waals surface area contributed by atoms with Gasteiger partial charge in [-0.15, -0.1) is 0 Å².